The second-order valence-corrected chi connectivity index (χ2v) is 6.59. The fraction of sp³-hybridized carbons (Fsp3) is 0.500. The largest absolute Gasteiger partial charge is 0.481 e. The van der Waals surface area contributed by atoms with E-state index in [0.717, 1.165) is 22.3 Å². The van der Waals surface area contributed by atoms with Crippen LogP contribution in [-0.2, 0) is 11.8 Å². The number of thiophene rings is 1. The first-order valence-corrected chi connectivity index (χ1v) is 7.74. The van der Waals surface area contributed by atoms with Gasteiger partial charge in [-0.15, -0.1) is 11.3 Å². The number of aryl methyl sites for hydroxylation is 2. The first kappa shape index (κ1) is 14.1. The van der Waals surface area contributed by atoms with Crippen molar-refractivity contribution in [2.45, 2.75) is 32.2 Å². The van der Waals surface area contributed by atoms with Crippen molar-refractivity contribution in [1.29, 1.82) is 0 Å². The number of carboxylic acid groups (broad SMARTS) is 1. The standard InChI is InChI=1S/C14H17N3O3S/c1-7-10-6-11(21-13(10)17(2)16-7)12(18)15-9-4-3-8(5-9)14(19)20/h6,8-9H,3-5H2,1-2H3,(H,15,18)(H,19,20). The lowest BCUT2D eigenvalue weighted by Gasteiger charge is -2.11. The molecular formula is C14H17N3O3S. The summed E-state index contributed by atoms with van der Waals surface area (Å²) in [5, 5.41) is 17.3. The maximum atomic E-state index is 12.3. The number of nitrogens with zero attached hydrogens (tertiary/aromatic N) is 2. The highest BCUT2D eigenvalue weighted by molar-refractivity contribution is 7.20. The Bertz CT molecular complexity index is 684. The normalized spacial score (nSPS) is 21.8. The highest BCUT2D eigenvalue weighted by Crippen LogP contribution is 2.29. The van der Waals surface area contributed by atoms with E-state index in [0.29, 0.717) is 17.7 Å². The van der Waals surface area contributed by atoms with Gasteiger partial charge in [0.15, 0.2) is 0 Å². The minimum Gasteiger partial charge on any atom is -0.481 e. The van der Waals surface area contributed by atoms with Crippen molar-refractivity contribution in [2.75, 3.05) is 0 Å². The Labute approximate surface area is 125 Å². The van der Waals surface area contributed by atoms with E-state index < -0.39 is 5.97 Å². The molecule has 6 nitrogen and oxygen atoms in total. The van der Waals surface area contributed by atoms with Gasteiger partial charge in [-0.1, -0.05) is 0 Å². The molecule has 2 N–H and O–H groups in total. The Hall–Kier alpha value is -1.89. The van der Waals surface area contributed by atoms with Gasteiger partial charge in [-0.25, -0.2) is 0 Å². The summed E-state index contributed by atoms with van der Waals surface area (Å²) >= 11 is 1.42. The summed E-state index contributed by atoms with van der Waals surface area (Å²) in [6.45, 7) is 1.92. The Morgan fingerprint density at radius 2 is 2.24 bits per heavy atom. The monoisotopic (exact) mass is 307 g/mol. The van der Waals surface area contributed by atoms with E-state index in [1.807, 2.05) is 20.0 Å². The molecule has 1 saturated carbocycles. The fourth-order valence-electron chi connectivity index (χ4n) is 2.91. The first-order chi connectivity index (χ1) is 9.95. The molecule has 2 unspecified atom stereocenters. The van der Waals surface area contributed by atoms with Crippen LogP contribution >= 0.6 is 11.3 Å². The number of fused-ring (bicyclic) bond motifs is 1. The number of rotatable bonds is 3. The molecule has 1 aliphatic rings. The Balaban J connectivity index is 1.73. The van der Waals surface area contributed by atoms with Crippen molar-refractivity contribution >= 4 is 33.4 Å². The molecule has 2 aromatic heterocycles. The molecular weight excluding hydrogens is 290 g/mol. The number of nitrogens with one attached hydrogen (secondary N) is 1. The number of hydrogen-bond donors (Lipinski definition) is 2. The van der Waals surface area contributed by atoms with E-state index >= 15 is 0 Å². The molecule has 1 aliphatic carbocycles. The van der Waals surface area contributed by atoms with E-state index in [4.69, 9.17) is 5.11 Å². The topological polar surface area (TPSA) is 84.2 Å². The molecule has 0 bridgehead atoms. The van der Waals surface area contributed by atoms with Crippen LogP contribution in [-0.4, -0.2) is 32.8 Å². The number of aliphatic carboxylic acids is 1. The molecule has 7 heteroatoms. The van der Waals surface area contributed by atoms with Gasteiger partial charge in [0.05, 0.1) is 16.5 Å². The number of aromatic nitrogens is 2. The molecule has 112 valence electrons. The van der Waals surface area contributed by atoms with Crippen LogP contribution in [0.15, 0.2) is 6.07 Å². The van der Waals surface area contributed by atoms with E-state index in [2.05, 4.69) is 10.4 Å². The summed E-state index contributed by atoms with van der Waals surface area (Å²) in [6, 6.07) is 1.82. The Morgan fingerprint density at radius 3 is 2.86 bits per heavy atom. The minimum absolute atomic E-state index is 0.0389. The summed E-state index contributed by atoms with van der Waals surface area (Å²) in [5.41, 5.74) is 0.912. The van der Waals surface area contributed by atoms with Crippen molar-refractivity contribution in [3.05, 3.63) is 16.6 Å². The molecule has 2 atom stereocenters. The molecule has 2 aromatic rings. The van der Waals surface area contributed by atoms with Crippen LogP contribution in [0.1, 0.15) is 34.6 Å². The minimum atomic E-state index is -0.768. The molecule has 1 amide bonds. The lowest BCUT2D eigenvalue weighted by molar-refractivity contribution is -0.141. The smallest absolute Gasteiger partial charge is 0.306 e. The second-order valence-electron chi connectivity index (χ2n) is 5.56. The summed E-state index contributed by atoms with van der Waals surface area (Å²) < 4.78 is 1.78. The predicted octanol–water partition coefficient (Wildman–Crippen LogP) is 1.93. The molecule has 0 spiro atoms. The predicted molar refractivity (Wildman–Crippen MR) is 79.6 cm³/mol. The van der Waals surface area contributed by atoms with E-state index in [1.165, 1.54) is 11.3 Å². The van der Waals surface area contributed by atoms with E-state index in [9.17, 15) is 9.59 Å². The number of amides is 1. The second kappa shape index (κ2) is 5.14. The van der Waals surface area contributed by atoms with Crippen molar-refractivity contribution in [1.82, 2.24) is 15.1 Å². The van der Waals surface area contributed by atoms with Gasteiger partial charge < -0.3 is 10.4 Å². The van der Waals surface area contributed by atoms with Crippen LogP contribution in [0.5, 0.6) is 0 Å². The summed E-state index contributed by atoms with van der Waals surface area (Å²) in [5.74, 6) is -1.22. The van der Waals surface area contributed by atoms with Crippen LogP contribution in [0.2, 0.25) is 0 Å². The molecule has 0 aromatic carbocycles. The average Bonchev–Trinajstić information content (AvgIpc) is 3.08. The quantitative estimate of drug-likeness (QED) is 0.907. The lowest BCUT2D eigenvalue weighted by atomic mass is 10.1. The van der Waals surface area contributed by atoms with Gasteiger partial charge in [0.2, 0.25) is 0 Å². The lowest BCUT2D eigenvalue weighted by Crippen LogP contribution is -2.32. The van der Waals surface area contributed by atoms with Crippen LogP contribution < -0.4 is 5.32 Å². The summed E-state index contributed by atoms with van der Waals surface area (Å²) in [7, 11) is 1.86. The van der Waals surface area contributed by atoms with Crippen molar-refractivity contribution < 1.29 is 14.7 Å². The third-order valence-corrected chi connectivity index (χ3v) is 5.24. The highest BCUT2D eigenvalue weighted by Gasteiger charge is 2.31. The Morgan fingerprint density at radius 1 is 1.48 bits per heavy atom. The molecule has 0 saturated heterocycles. The van der Waals surface area contributed by atoms with Crippen molar-refractivity contribution in [3.8, 4) is 0 Å². The third kappa shape index (κ3) is 2.53. The van der Waals surface area contributed by atoms with E-state index in [1.54, 1.807) is 4.68 Å². The van der Waals surface area contributed by atoms with Crippen LogP contribution in [0.3, 0.4) is 0 Å². The summed E-state index contributed by atoms with van der Waals surface area (Å²) in [6.07, 6.45) is 1.89. The number of hydrogen-bond acceptors (Lipinski definition) is 4. The maximum absolute atomic E-state index is 12.3. The zero-order valence-electron chi connectivity index (χ0n) is 11.9. The van der Waals surface area contributed by atoms with Crippen LogP contribution in [0.25, 0.3) is 10.2 Å². The first-order valence-electron chi connectivity index (χ1n) is 6.92. The van der Waals surface area contributed by atoms with Crippen LogP contribution in [0.4, 0.5) is 0 Å². The molecule has 0 aliphatic heterocycles. The molecule has 3 rings (SSSR count). The fourth-order valence-corrected chi connectivity index (χ4v) is 3.94. The van der Waals surface area contributed by atoms with Crippen LogP contribution in [0, 0.1) is 12.8 Å². The highest BCUT2D eigenvalue weighted by atomic mass is 32.1. The SMILES string of the molecule is Cc1nn(C)c2sc(C(=O)NC3CCC(C(=O)O)C3)cc12. The van der Waals surface area contributed by atoms with Gasteiger partial charge in [-0.05, 0) is 32.3 Å². The van der Waals surface area contributed by atoms with Gasteiger partial charge in [0.1, 0.15) is 4.83 Å². The molecule has 21 heavy (non-hydrogen) atoms. The molecule has 2 heterocycles. The zero-order chi connectivity index (χ0) is 15.1. The average molecular weight is 307 g/mol. The Kier molecular flexibility index (Phi) is 3.44. The van der Waals surface area contributed by atoms with Crippen molar-refractivity contribution in [3.63, 3.8) is 0 Å². The van der Waals surface area contributed by atoms with Gasteiger partial charge in [0, 0.05) is 18.5 Å². The number of carbonyl (C=O) groups is 2. The number of carboxylic acids is 1. The van der Waals surface area contributed by atoms with Gasteiger partial charge in [-0.3, -0.25) is 14.3 Å². The third-order valence-electron chi connectivity index (χ3n) is 4.04. The summed E-state index contributed by atoms with van der Waals surface area (Å²) in [4.78, 5) is 24.9. The van der Waals surface area contributed by atoms with Crippen molar-refractivity contribution in [2.24, 2.45) is 13.0 Å². The number of carbonyl (C=O) groups excluding carboxylic acids is 1. The van der Waals surface area contributed by atoms with E-state index in [-0.39, 0.29) is 17.9 Å². The van der Waals surface area contributed by atoms with Gasteiger partial charge in [-0.2, -0.15) is 5.10 Å². The zero-order valence-corrected chi connectivity index (χ0v) is 12.7. The maximum Gasteiger partial charge on any atom is 0.306 e. The van der Waals surface area contributed by atoms with Gasteiger partial charge in [0.25, 0.3) is 5.91 Å². The van der Waals surface area contributed by atoms with Gasteiger partial charge >= 0.3 is 5.97 Å². The molecule has 1 fully saturated rings. The molecule has 0 radical (unpaired) electrons.